The Morgan fingerprint density at radius 3 is 2.94 bits per heavy atom. The molecule has 0 bridgehead atoms. The van der Waals surface area contributed by atoms with Gasteiger partial charge in [-0.1, -0.05) is 27.2 Å². The number of nitrogens with one attached hydrogen (secondary N) is 1. The highest BCUT2D eigenvalue weighted by Gasteiger charge is 2.29. The summed E-state index contributed by atoms with van der Waals surface area (Å²) in [5.74, 6) is 0.721. The molecule has 0 spiro atoms. The molecule has 0 aliphatic carbocycles. The second-order valence-corrected chi connectivity index (χ2v) is 6.55. The minimum Gasteiger partial charge on any atom is -0.311 e. The smallest absolute Gasteiger partial charge is 0.0247 e. The highest BCUT2D eigenvalue weighted by atomic mass is 32.1. The van der Waals surface area contributed by atoms with Gasteiger partial charge in [0, 0.05) is 31.7 Å². The summed E-state index contributed by atoms with van der Waals surface area (Å²) in [6.07, 6.45) is 2.57. The van der Waals surface area contributed by atoms with Gasteiger partial charge < -0.3 is 5.32 Å². The van der Waals surface area contributed by atoms with Gasteiger partial charge in [-0.05, 0) is 34.7 Å². The van der Waals surface area contributed by atoms with E-state index in [-0.39, 0.29) is 0 Å². The Morgan fingerprint density at radius 1 is 1.50 bits per heavy atom. The fourth-order valence-corrected chi connectivity index (χ4v) is 3.56. The first-order valence-electron chi connectivity index (χ1n) is 7.19. The van der Waals surface area contributed by atoms with E-state index in [2.05, 4.69) is 47.8 Å². The minimum absolute atomic E-state index is 0.679. The van der Waals surface area contributed by atoms with Crippen LogP contribution < -0.4 is 5.32 Å². The van der Waals surface area contributed by atoms with Gasteiger partial charge in [-0.15, -0.1) is 0 Å². The monoisotopic (exact) mass is 266 g/mol. The van der Waals surface area contributed by atoms with Gasteiger partial charge in [-0.3, -0.25) is 4.90 Å². The highest BCUT2D eigenvalue weighted by Crippen LogP contribution is 2.20. The summed E-state index contributed by atoms with van der Waals surface area (Å²) in [5.41, 5.74) is 1.47. The molecule has 2 atom stereocenters. The van der Waals surface area contributed by atoms with Gasteiger partial charge in [-0.25, -0.2) is 0 Å². The van der Waals surface area contributed by atoms with Crippen LogP contribution in [0, 0.1) is 5.92 Å². The van der Waals surface area contributed by atoms with Crippen LogP contribution in [0.15, 0.2) is 16.8 Å². The zero-order valence-corrected chi connectivity index (χ0v) is 12.7. The van der Waals surface area contributed by atoms with Crippen LogP contribution in [0.3, 0.4) is 0 Å². The Hall–Kier alpha value is -0.380. The first-order chi connectivity index (χ1) is 8.70. The zero-order chi connectivity index (χ0) is 13.0. The van der Waals surface area contributed by atoms with Crippen molar-refractivity contribution in [3.63, 3.8) is 0 Å². The van der Waals surface area contributed by atoms with Gasteiger partial charge in [0.15, 0.2) is 0 Å². The van der Waals surface area contributed by atoms with Gasteiger partial charge in [0.1, 0.15) is 0 Å². The average molecular weight is 266 g/mol. The second-order valence-electron chi connectivity index (χ2n) is 5.77. The molecule has 1 aliphatic rings. The maximum Gasteiger partial charge on any atom is 0.0247 e. The number of rotatable bonds is 5. The number of thiophene rings is 1. The van der Waals surface area contributed by atoms with E-state index in [0.29, 0.717) is 12.1 Å². The summed E-state index contributed by atoms with van der Waals surface area (Å²) >= 11 is 1.81. The predicted octanol–water partition coefficient (Wildman–Crippen LogP) is 3.35. The number of nitrogens with zero attached hydrogens (tertiary/aromatic N) is 1. The molecule has 1 saturated heterocycles. The third-order valence-corrected chi connectivity index (χ3v) is 4.64. The van der Waals surface area contributed by atoms with E-state index < -0.39 is 0 Å². The summed E-state index contributed by atoms with van der Waals surface area (Å²) < 4.78 is 0. The molecule has 0 amide bonds. The summed E-state index contributed by atoms with van der Waals surface area (Å²) in [6, 6.07) is 3.63. The molecule has 2 rings (SSSR count). The summed E-state index contributed by atoms with van der Waals surface area (Å²) in [7, 11) is 0. The molecule has 2 unspecified atom stereocenters. The fraction of sp³-hybridized carbons (Fsp3) is 0.733. The molecular formula is C15H26N2S. The number of hydrogen-bond donors (Lipinski definition) is 1. The van der Waals surface area contributed by atoms with Gasteiger partial charge in [-0.2, -0.15) is 11.3 Å². The quantitative estimate of drug-likeness (QED) is 0.879. The molecular weight excluding hydrogens is 240 g/mol. The van der Waals surface area contributed by atoms with E-state index >= 15 is 0 Å². The average Bonchev–Trinajstić information content (AvgIpc) is 2.82. The fourth-order valence-electron chi connectivity index (χ4n) is 2.90. The lowest BCUT2D eigenvalue weighted by molar-refractivity contribution is 0.0886. The molecule has 3 heteroatoms. The molecule has 2 heterocycles. The third kappa shape index (κ3) is 3.56. The normalized spacial score (nSPS) is 25.8. The van der Waals surface area contributed by atoms with Crippen molar-refractivity contribution in [2.24, 2.45) is 5.92 Å². The van der Waals surface area contributed by atoms with Crippen molar-refractivity contribution in [2.45, 2.75) is 52.2 Å². The van der Waals surface area contributed by atoms with Crippen molar-refractivity contribution in [2.75, 3.05) is 13.1 Å². The molecule has 0 saturated carbocycles. The molecule has 1 fully saturated rings. The lowest BCUT2D eigenvalue weighted by atomic mass is 9.96. The van der Waals surface area contributed by atoms with Crippen LogP contribution in [0.1, 0.15) is 39.2 Å². The van der Waals surface area contributed by atoms with E-state index in [9.17, 15) is 0 Å². The second kappa shape index (κ2) is 6.69. The molecule has 1 aromatic heterocycles. The molecule has 1 aliphatic heterocycles. The number of piperazine rings is 1. The Morgan fingerprint density at radius 2 is 2.33 bits per heavy atom. The first kappa shape index (κ1) is 14.0. The van der Waals surface area contributed by atoms with Crippen LogP contribution in [0.2, 0.25) is 0 Å². The zero-order valence-electron chi connectivity index (χ0n) is 11.9. The Bertz CT molecular complexity index is 334. The highest BCUT2D eigenvalue weighted by molar-refractivity contribution is 7.07. The lowest BCUT2D eigenvalue weighted by Crippen LogP contribution is -2.57. The molecule has 1 N–H and O–H groups in total. The van der Waals surface area contributed by atoms with Crippen molar-refractivity contribution in [1.29, 1.82) is 0 Å². The molecule has 0 radical (unpaired) electrons. The van der Waals surface area contributed by atoms with Crippen molar-refractivity contribution < 1.29 is 0 Å². The standard InChI is InChI=1S/C15H26N2S/c1-4-5-14-10-17(9-13-6-7-18-11-13)15(8-16-14)12(2)3/h6-7,11-12,14-16H,4-5,8-10H2,1-3H3. The molecule has 0 aromatic carbocycles. The van der Waals surface area contributed by atoms with Crippen LogP contribution in [0.25, 0.3) is 0 Å². The van der Waals surface area contributed by atoms with Crippen molar-refractivity contribution in [1.82, 2.24) is 10.2 Å². The topological polar surface area (TPSA) is 15.3 Å². The minimum atomic E-state index is 0.679. The van der Waals surface area contributed by atoms with E-state index in [4.69, 9.17) is 0 Å². The van der Waals surface area contributed by atoms with Gasteiger partial charge in [0.25, 0.3) is 0 Å². The summed E-state index contributed by atoms with van der Waals surface area (Å²) in [6.45, 7) is 10.4. The SMILES string of the molecule is CCCC1CN(Cc2ccsc2)C(C(C)C)CN1. The molecule has 2 nitrogen and oxygen atoms in total. The van der Waals surface area contributed by atoms with Crippen LogP contribution in [-0.4, -0.2) is 30.1 Å². The first-order valence-corrected chi connectivity index (χ1v) is 8.13. The van der Waals surface area contributed by atoms with E-state index in [1.807, 2.05) is 0 Å². The van der Waals surface area contributed by atoms with Crippen LogP contribution in [0.4, 0.5) is 0 Å². The Kier molecular flexibility index (Phi) is 5.22. The lowest BCUT2D eigenvalue weighted by Gasteiger charge is -2.42. The van der Waals surface area contributed by atoms with Gasteiger partial charge in [0.2, 0.25) is 0 Å². The van der Waals surface area contributed by atoms with Crippen LogP contribution in [0.5, 0.6) is 0 Å². The Balaban J connectivity index is 2.00. The molecule has 18 heavy (non-hydrogen) atoms. The maximum absolute atomic E-state index is 3.72. The summed E-state index contributed by atoms with van der Waals surface area (Å²) in [4.78, 5) is 2.68. The van der Waals surface area contributed by atoms with E-state index in [0.717, 1.165) is 19.0 Å². The maximum atomic E-state index is 3.72. The van der Waals surface area contributed by atoms with Crippen molar-refractivity contribution in [3.8, 4) is 0 Å². The van der Waals surface area contributed by atoms with E-state index in [1.54, 1.807) is 11.3 Å². The van der Waals surface area contributed by atoms with Crippen LogP contribution >= 0.6 is 11.3 Å². The largest absolute Gasteiger partial charge is 0.311 e. The Labute approximate surface area is 115 Å². The molecule has 102 valence electrons. The third-order valence-electron chi connectivity index (χ3n) is 3.91. The predicted molar refractivity (Wildman–Crippen MR) is 80.1 cm³/mol. The van der Waals surface area contributed by atoms with Gasteiger partial charge in [0.05, 0.1) is 0 Å². The van der Waals surface area contributed by atoms with Crippen molar-refractivity contribution >= 4 is 11.3 Å². The van der Waals surface area contributed by atoms with E-state index in [1.165, 1.54) is 24.9 Å². The van der Waals surface area contributed by atoms with Gasteiger partial charge >= 0.3 is 0 Å². The van der Waals surface area contributed by atoms with Crippen molar-refractivity contribution in [3.05, 3.63) is 22.4 Å². The summed E-state index contributed by atoms with van der Waals surface area (Å²) in [5, 5.41) is 8.19. The number of hydrogen-bond acceptors (Lipinski definition) is 3. The van der Waals surface area contributed by atoms with Crippen LogP contribution in [-0.2, 0) is 6.54 Å². The molecule has 1 aromatic rings.